The smallest absolute Gasteiger partial charge is 0.319 e. The van der Waals surface area contributed by atoms with Crippen LogP contribution in [-0.4, -0.2) is 37.6 Å². The third-order valence-electron chi connectivity index (χ3n) is 6.50. The van der Waals surface area contributed by atoms with E-state index >= 15 is 0 Å². The zero-order valence-electron chi connectivity index (χ0n) is 21.7. The highest BCUT2D eigenvalue weighted by Crippen LogP contribution is 2.28. The first kappa shape index (κ1) is 26.7. The van der Waals surface area contributed by atoms with Crippen LogP contribution in [-0.2, 0) is 21.1 Å². The van der Waals surface area contributed by atoms with Crippen molar-refractivity contribution in [1.82, 2.24) is 10.3 Å². The first-order valence-corrected chi connectivity index (χ1v) is 14.5. The van der Waals surface area contributed by atoms with Gasteiger partial charge in [-0.1, -0.05) is 66.7 Å². The molecule has 4 N–H and O–H groups in total. The van der Waals surface area contributed by atoms with E-state index in [1.54, 1.807) is 60.7 Å². The molecule has 9 heteroatoms. The van der Waals surface area contributed by atoms with Crippen molar-refractivity contribution >= 4 is 44.1 Å². The number of urea groups is 1. The summed E-state index contributed by atoms with van der Waals surface area (Å²) < 4.78 is 24.5. The molecule has 1 atom stereocenters. The molecular weight excluding hydrogens is 524 g/mol. The van der Waals surface area contributed by atoms with Crippen LogP contribution in [0.3, 0.4) is 0 Å². The van der Waals surface area contributed by atoms with Crippen LogP contribution in [0.2, 0.25) is 0 Å². The summed E-state index contributed by atoms with van der Waals surface area (Å²) in [7, 11) is -3.42. The molecule has 3 amide bonds. The number of aromatic amines is 1. The molecule has 0 spiro atoms. The molecule has 202 valence electrons. The SMILES string of the molecule is CS(=O)(=O)c1ccccc1-c1ccc(NC(=O)C(Cc2c[nH]c3ccccc23)NC(=O)Nc2ccccc2)cc1. The Bertz CT molecular complexity index is 1760. The monoisotopic (exact) mass is 552 g/mol. The zero-order valence-corrected chi connectivity index (χ0v) is 22.5. The van der Waals surface area contributed by atoms with Gasteiger partial charge in [0.05, 0.1) is 4.90 Å². The second kappa shape index (κ2) is 11.5. The van der Waals surface area contributed by atoms with Crippen molar-refractivity contribution in [3.8, 4) is 11.1 Å². The van der Waals surface area contributed by atoms with E-state index in [-0.39, 0.29) is 11.3 Å². The summed E-state index contributed by atoms with van der Waals surface area (Å²) in [6.45, 7) is 0. The quantitative estimate of drug-likeness (QED) is 0.200. The second-order valence-electron chi connectivity index (χ2n) is 9.42. The normalized spacial score (nSPS) is 12.0. The molecule has 0 fully saturated rings. The Morgan fingerprint density at radius 3 is 2.17 bits per heavy atom. The first-order chi connectivity index (χ1) is 19.3. The molecule has 0 radical (unpaired) electrons. The van der Waals surface area contributed by atoms with Gasteiger partial charge in [0.1, 0.15) is 6.04 Å². The molecule has 0 saturated heterocycles. The summed E-state index contributed by atoms with van der Waals surface area (Å²) in [5.41, 5.74) is 4.24. The fourth-order valence-corrected chi connectivity index (χ4v) is 5.48. The predicted octanol–water partition coefficient (Wildman–Crippen LogP) is 5.61. The largest absolute Gasteiger partial charge is 0.361 e. The highest BCUT2D eigenvalue weighted by Gasteiger charge is 2.23. The maximum absolute atomic E-state index is 13.5. The van der Waals surface area contributed by atoms with E-state index in [4.69, 9.17) is 0 Å². The number of para-hydroxylation sites is 2. The topological polar surface area (TPSA) is 120 Å². The number of benzene rings is 4. The van der Waals surface area contributed by atoms with Crippen LogP contribution in [0.4, 0.5) is 16.2 Å². The predicted molar refractivity (Wildman–Crippen MR) is 158 cm³/mol. The molecule has 4 aromatic carbocycles. The molecule has 5 aromatic rings. The zero-order chi connectivity index (χ0) is 28.1. The van der Waals surface area contributed by atoms with E-state index in [0.29, 0.717) is 22.5 Å². The summed E-state index contributed by atoms with van der Waals surface area (Å²) in [6.07, 6.45) is 3.28. The number of hydrogen-bond donors (Lipinski definition) is 4. The van der Waals surface area contributed by atoms with Gasteiger partial charge in [0.15, 0.2) is 9.84 Å². The Kier molecular flexibility index (Phi) is 7.65. The minimum Gasteiger partial charge on any atom is -0.361 e. The van der Waals surface area contributed by atoms with Crippen molar-refractivity contribution in [3.63, 3.8) is 0 Å². The number of anilines is 2. The molecule has 1 unspecified atom stereocenters. The van der Waals surface area contributed by atoms with Crippen LogP contribution in [0.5, 0.6) is 0 Å². The number of nitrogens with one attached hydrogen (secondary N) is 4. The molecule has 8 nitrogen and oxygen atoms in total. The lowest BCUT2D eigenvalue weighted by molar-refractivity contribution is -0.117. The highest BCUT2D eigenvalue weighted by molar-refractivity contribution is 7.90. The number of sulfone groups is 1. The van der Waals surface area contributed by atoms with Crippen molar-refractivity contribution in [2.24, 2.45) is 0 Å². The number of carbonyl (C=O) groups excluding carboxylic acids is 2. The molecule has 0 aliphatic rings. The van der Waals surface area contributed by atoms with E-state index in [1.165, 1.54) is 6.26 Å². The Morgan fingerprint density at radius 2 is 1.43 bits per heavy atom. The van der Waals surface area contributed by atoms with Crippen molar-refractivity contribution in [2.45, 2.75) is 17.4 Å². The summed E-state index contributed by atoms with van der Waals surface area (Å²) >= 11 is 0. The van der Waals surface area contributed by atoms with E-state index < -0.39 is 27.8 Å². The Balaban J connectivity index is 1.36. The number of carbonyl (C=O) groups is 2. The maximum Gasteiger partial charge on any atom is 0.319 e. The number of fused-ring (bicyclic) bond motifs is 1. The standard InChI is InChI=1S/C31H28N4O4S/c1-40(38,39)29-14-8-6-12-26(29)21-15-17-24(18-16-21)33-30(36)28(35-31(37)34-23-9-3-2-4-10-23)19-22-20-32-27-13-7-5-11-25(22)27/h2-18,20,28,32H,19H2,1H3,(H,33,36)(H2,34,35,37). The Hall–Kier alpha value is -4.89. The lowest BCUT2D eigenvalue weighted by Gasteiger charge is -2.19. The highest BCUT2D eigenvalue weighted by atomic mass is 32.2. The number of rotatable bonds is 8. The molecule has 0 aliphatic carbocycles. The van der Waals surface area contributed by atoms with Crippen LogP contribution in [0.25, 0.3) is 22.0 Å². The van der Waals surface area contributed by atoms with Crippen LogP contribution >= 0.6 is 0 Å². The van der Waals surface area contributed by atoms with Crippen LogP contribution in [0.1, 0.15) is 5.56 Å². The summed E-state index contributed by atoms with van der Waals surface area (Å²) in [4.78, 5) is 29.7. The molecule has 1 aromatic heterocycles. The van der Waals surface area contributed by atoms with Gasteiger partial charge >= 0.3 is 6.03 Å². The molecule has 0 bridgehead atoms. The van der Waals surface area contributed by atoms with Gasteiger partial charge in [0, 0.05) is 46.7 Å². The molecule has 40 heavy (non-hydrogen) atoms. The molecule has 1 heterocycles. The first-order valence-electron chi connectivity index (χ1n) is 12.7. The summed E-state index contributed by atoms with van der Waals surface area (Å²) in [6, 6.07) is 29.1. The summed E-state index contributed by atoms with van der Waals surface area (Å²) in [5, 5.41) is 9.43. The van der Waals surface area contributed by atoms with Crippen molar-refractivity contribution in [2.75, 3.05) is 16.9 Å². The lowest BCUT2D eigenvalue weighted by Crippen LogP contribution is -2.46. The number of H-pyrrole nitrogens is 1. The Morgan fingerprint density at radius 1 is 0.775 bits per heavy atom. The van der Waals surface area contributed by atoms with Gasteiger partial charge < -0.3 is 20.9 Å². The van der Waals surface area contributed by atoms with Crippen LogP contribution in [0, 0.1) is 0 Å². The van der Waals surface area contributed by atoms with E-state index in [2.05, 4.69) is 20.9 Å². The molecule has 0 saturated carbocycles. The van der Waals surface area contributed by atoms with Crippen LogP contribution in [0.15, 0.2) is 114 Å². The average molecular weight is 553 g/mol. The summed E-state index contributed by atoms with van der Waals surface area (Å²) in [5.74, 6) is -0.391. The van der Waals surface area contributed by atoms with E-state index in [1.807, 2.05) is 48.7 Å². The molecule has 0 aliphatic heterocycles. The van der Waals surface area contributed by atoms with Crippen molar-refractivity contribution < 1.29 is 18.0 Å². The van der Waals surface area contributed by atoms with Gasteiger partial charge in [-0.05, 0) is 47.5 Å². The van der Waals surface area contributed by atoms with Gasteiger partial charge in [-0.25, -0.2) is 13.2 Å². The van der Waals surface area contributed by atoms with Gasteiger partial charge in [0.25, 0.3) is 0 Å². The van der Waals surface area contributed by atoms with Crippen LogP contribution < -0.4 is 16.0 Å². The van der Waals surface area contributed by atoms with E-state index in [9.17, 15) is 18.0 Å². The van der Waals surface area contributed by atoms with Gasteiger partial charge in [-0.3, -0.25) is 4.79 Å². The Labute approximate surface area is 232 Å². The fraction of sp³-hybridized carbons (Fsp3) is 0.0968. The van der Waals surface area contributed by atoms with E-state index in [0.717, 1.165) is 16.5 Å². The number of amides is 3. The lowest BCUT2D eigenvalue weighted by atomic mass is 10.0. The third kappa shape index (κ3) is 6.22. The third-order valence-corrected chi connectivity index (χ3v) is 7.66. The molecular formula is C31H28N4O4S. The number of hydrogen-bond acceptors (Lipinski definition) is 4. The van der Waals surface area contributed by atoms with Crippen molar-refractivity contribution in [3.05, 3.63) is 115 Å². The maximum atomic E-state index is 13.5. The van der Waals surface area contributed by atoms with Gasteiger partial charge in [0.2, 0.25) is 5.91 Å². The second-order valence-corrected chi connectivity index (χ2v) is 11.4. The van der Waals surface area contributed by atoms with Gasteiger partial charge in [-0.2, -0.15) is 0 Å². The van der Waals surface area contributed by atoms with Crippen molar-refractivity contribution in [1.29, 1.82) is 0 Å². The minimum atomic E-state index is -3.42. The average Bonchev–Trinajstić information content (AvgIpc) is 3.36. The number of aromatic nitrogens is 1. The molecule has 5 rings (SSSR count). The fourth-order valence-electron chi connectivity index (χ4n) is 4.57. The van der Waals surface area contributed by atoms with Gasteiger partial charge in [-0.15, -0.1) is 0 Å². The minimum absolute atomic E-state index is 0.235.